The number of ketones is 1. The largest absolute Gasteiger partial charge is 0.503 e. The van der Waals surface area contributed by atoms with Crippen molar-refractivity contribution in [3.63, 3.8) is 0 Å². The summed E-state index contributed by atoms with van der Waals surface area (Å²) in [6.45, 7) is 2.56. The molecule has 1 atom stereocenters. The first-order chi connectivity index (χ1) is 21.9. The zero-order valence-corrected chi connectivity index (χ0v) is 26.0. The summed E-state index contributed by atoms with van der Waals surface area (Å²) in [6.07, 6.45) is 1.81. The molecule has 0 radical (unpaired) electrons. The van der Waals surface area contributed by atoms with Gasteiger partial charge in [0, 0.05) is 11.1 Å². The van der Waals surface area contributed by atoms with E-state index < -0.39 is 23.5 Å². The number of hydrogen-bond donors (Lipinski definition) is 1. The number of anilines is 1. The van der Waals surface area contributed by atoms with Gasteiger partial charge in [-0.1, -0.05) is 78.9 Å². The van der Waals surface area contributed by atoms with Crippen LogP contribution in [0.25, 0.3) is 11.0 Å². The van der Waals surface area contributed by atoms with Crippen molar-refractivity contribution in [1.82, 2.24) is 10.2 Å². The number of benzene rings is 3. The average Bonchev–Trinajstić information content (AvgIpc) is 3.77. The van der Waals surface area contributed by atoms with E-state index in [2.05, 4.69) is 17.1 Å². The Morgan fingerprint density at radius 3 is 2.73 bits per heavy atom. The number of amides is 1. The smallest absolute Gasteiger partial charge is 0.296 e. The van der Waals surface area contributed by atoms with E-state index in [0.717, 1.165) is 24.2 Å². The fourth-order valence-electron chi connectivity index (χ4n) is 5.01. The van der Waals surface area contributed by atoms with Crippen LogP contribution in [0.5, 0.6) is 11.5 Å². The fraction of sp³-hybridized carbons (Fsp3) is 0.212. The van der Waals surface area contributed by atoms with Crippen molar-refractivity contribution in [3.05, 3.63) is 107 Å². The van der Waals surface area contributed by atoms with Crippen molar-refractivity contribution < 1.29 is 33.0 Å². The summed E-state index contributed by atoms with van der Waals surface area (Å²) in [5.74, 6) is -1.28. The zero-order chi connectivity index (χ0) is 31.5. The van der Waals surface area contributed by atoms with Crippen molar-refractivity contribution in [1.29, 1.82) is 0 Å². The third-order valence-corrected chi connectivity index (χ3v) is 9.36. The number of aliphatic hydroxyl groups excluding tert-OH is 1. The van der Waals surface area contributed by atoms with Gasteiger partial charge in [0.05, 0.1) is 25.3 Å². The molecule has 1 amide bonds. The van der Waals surface area contributed by atoms with Crippen LogP contribution in [-0.2, 0) is 10.5 Å². The molecule has 5 aromatic rings. The van der Waals surface area contributed by atoms with Gasteiger partial charge in [-0.15, -0.1) is 10.2 Å². The molecule has 0 saturated carbocycles. The van der Waals surface area contributed by atoms with Gasteiger partial charge in [0.2, 0.25) is 10.9 Å². The second kappa shape index (κ2) is 13.1. The van der Waals surface area contributed by atoms with E-state index in [1.807, 2.05) is 0 Å². The maximum Gasteiger partial charge on any atom is 0.296 e. The molecule has 0 saturated heterocycles. The zero-order valence-electron chi connectivity index (χ0n) is 24.4. The Morgan fingerprint density at radius 1 is 1.11 bits per heavy atom. The van der Waals surface area contributed by atoms with Crippen LogP contribution in [0.4, 0.5) is 9.52 Å². The lowest BCUT2D eigenvalue weighted by molar-refractivity contribution is -0.117. The number of Topliss-reactive ketones (excluding diaryl/α,β-unsaturated/α-hetero) is 1. The van der Waals surface area contributed by atoms with Crippen molar-refractivity contribution in [3.8, 4) is 11.5 Å². The van der Waals surface area contributed by atoms with Gasteiger partial charge in [0.25, 0.3) is 5.91 Å². The number of fused-ring (bicyclic) bond motifs is 1. The van der Waals surface area contributed by atoms with Gasteiger partial charge < -0.3 is 19.0 Å². The number of methoxy groups -OCH3 is 1. The van der Waals surface area contributed by atoms with Gasteiger partial charge in [-0.3, -0.25) is 14.5 Å². The summed E-state index contributed by atoms with van der Waals surface area (Å²) in [6, 6.07) is 19.2. The molecule has 1 unspecified atom stereocenters. The molecule has 1 aliphatic heterocycles. The molecule has 0 bridgehead atoms. The van der Waals surface area contributed by atoms with Crippen LogP contribution in [0.3, 0.4) is 0 Å². The molecule has 1 N–H and O–H groups in total. The van der Waals surface area contributed by atoms with Crippen molar-refractivity contribution in [2.75, 3.05) is 18.6 Å². The lowest BCUT2D eigenvalue weighted by Gasteiger charge is -2.24. The quantitative estimate of drug-likeness (QED) is 0.0631. The van der Waals surface area contributed by atoms with Gasteiger partial charge in [0.1, 0.15) is 11.6 Å². The van der Waals surface area contributed by atoms with Crippen LogP contribution in [0.15, 0.2) is 92.9 Å². The van der Waals surface area contributed by atoms with Crippen LogP contribution < -0.4 is 14.4 Å². The number of aromatic nitrogens is 2. The molecule has 230 valence electrons. The Morgan fingerprint density at radius 2 is 1.93 bits per heavy atom. The van der Waals surface area contributed by atoms with E-state index in [1.54, 1.807) is 66.7 Å². The maximum absolute atomic E-state index is 14.2. The summed E-state index contributed by atoms with van der Waals surface area (Å²) in [5, 5.41) is 20.5. The Kier molecular flexibility index (Phi) is 8.85. The number of unbranched alkanes of at least 4 members (excludes halogenated alkanes) is 1. The molecule has 0 fully saturated rings. The second-order valence-corrected chi connectivity index (χ2v) is 12.3. The first-order valence-electron chi connectivity index (χ1n) is 14.2. The maximum atomic E-state index is 14.2. The third-order valence-electron chi connectivity index (χ3n) is 7.26. The lowest BCUT2D eigenvalue weighted by atomic mass is 9.95. The third kappa shape index (κ3) is 6.03. The number of ether oxygens (including phenoxy) is 2. The normalized spacial score (nSPS) is 14.9. The summed E-state index contributed by atoms with van der Waals surface area (Å²) >= 11 is 2.37. The number of thioether (sulfide) groups is 1. The second-order valence-electron chi connectivity index (χ2n) is 10.2. The van der Waals surface area contributed by atoms with Gasteiger partial charge in [-0.25, -0.2) is 4.39 Å². The van der Waals surface area contributed by atoms with Crippen molar-refractivity contribution in [2.24, 2.45) is 0 Å². The molecular formula is C33H28FN3O6S2. The molecule has 2 aromatic heterocycles. The predicted octanol–water partition coefficient (Wildman–Crippen LogP) is 7.69. The minimum absolute atomic E-state index is 0.0653. The Labute approximate surface area is 266 Å². The fourth-order valence-corrected chi connectivity index (χ4v) is 6.87. The molecular weight excluding hydrogens is 618 g/mol. The number of hydrogen-bond acceptors (Lipinski definition) is 10. The summed E-state index contributed by atoms with van der Waals surface area (Å²) < 4.78 is 31.9. The minimum Gasteiger partial charge on any atom is -0.503 e. The van der Waals surface area contributed by atoms with E-state index in [4.69, 9.17) is 13.9 Å². The van der Waals surface area contributed by atoms with Gasteiger partial charge >= 0.3 is 0 Å². The topological polar surface area (TPSA) is 115 Å². The minimum atomic E-state index is -1.06. The first kappa shape index (κ1) is 30.4. The van der Waals surface area contributed by atoms with E-state index in [9.17, 15) is 19.1 Å². The first-order valence-corrected chi connectivity index (χ1v) is 16.0. The van der Waals surface area contributed by atoms with Crippen LogP contribution >= 0.6 is 23.1 Å². The van der Waals surface area contributed by atoms with Gasteiger partial charge in [-0.2, -0.15) is 0 Å². The van der Waals surface area contributed by atoms with Gasteiger partial charge in [-0.05, 0) is 47.9 Å². The lowest BCUT2D eigenvalue weighted by Crippen LogP contribution is -2.31. The summed E-state index contributed by atoms with van der Waals surface area (Å²) in [4.78, 5) is 29.0. The molecule has 3 heterocycles. The monoisotopic (exact) mass is 645 g/mol. The van der Waals surface area contributed by atoms with Crippen LogP contribution in [0.2, 0.25) is 0 Å². The molecule has 12 heteroatoms. The number of halogens is 1. The SMILES string of the molecule is CCCCOc1cccc(C2C(C(=O)c3cc4cccc(OC)c4o3)=C(O)C(=O)N2c2nnc(SCc3ccccc3F)s2)c1. The molecule has 9 nitrogen and oxygen atoms in total. The molecule has 6 rings (SSSR count). The number of rotatable bonds is 12. The Hall–Kier alpha value is -4.68. The molecule has 1 aliphatic rings. The summed E-state index contributed by atoms with van der Waals surface area (Å²) in [7, 11) is 1.50. The number of furan rings is 1. The molecule has 45 heavy (non-hydrogen) atoms. The predicted molar refractivity (Wildman–Crippen MR) is 170 cm³/mol. The molecule has 3 aromatic carbocycles. The number of para-hydroxylation sites is 1. The van der Waals surface area contributed by atoms with Crippen molar-refractivity contribution in [2.45, 2.75) is 35.9 Å². The van der Waals surface area contributed by atoms with Gasteiger partial charge in [0.15, 0.2) is 27.2 Å². The highest BCUT2D eigenvalue weighted by molar-refractivity contribution is 8.00. The highest BCUT2D eigenvalue weighted by Crippen LogP contribution is 2.45. The van der Waals surface area contributed by atoms with Crippen LogP contribution in [-0.4, -0.2) is 40.7 Å². The molecule has 0 aliphatic carbocycles. The standard InChI is InChI=1S/C33H28FN3O6S2/c1-3-4-15-42-22-12-7-10-19(16-22)27-26(28(38)25-17-20-11-8-14-24(41-2)30(20)43-25)29(39)31(40)37(27)32-35-36-33(45-32)44-18-21-9-5-6-13-23(21)34/h5-14,16-17,27,39H,3-4,15,18H2,1-2H3. The van der Waals surface area contributed by atoms with E-state index in [1.165, 1.54) is 29.8 Å². The van der Waals surface area contributed by atoms with E-state index >= 15 is 0 Å². The van der Waals surface area contributed by atoms with Crippen molar-refractivity contribution >= 4 is 50.9 Å². The summed E-state index contributed by atoms with van der Waals surface area (Å²) in [5.41, 5.74) is 1.23. The van der Waals surface area contributed by atoms with Crippen LogP contribution in [0.1, 0.15) is 47.5 Å². The number of carbonyl (C=O) groups excluding carboxylic acids is 2. The number of carbonyl (C=O) groups is 2. The number of aliphatic hydroxyl groups is 1. The Bertz CT molecular complexity index is 1920. The highest BCUT2D eigenvalue weighted by Gasteiger charge is 2.47. The highest BCUT2D eigenvalue weighted by atomic mass is 32.2. The average molecular weight is 646 g/mol. The van der Waals surface area contributed by atoms with Crippen LogP contribution in [0, 0.1) is 5.82 Å². The van der Waals surface area contributed by atoms with E-state index in [0.29, 0.717) is 50.3 Å². The molecule has 0 spiro atoms. The number of nitrogens with zero attached hydrogens (tertiary/aromatic N) is 3. The Balaban J connectivity index is 1.38. The van der Waals surface area contributed by atoms with E-state index in [-0.39, 0.29) is 22.3 Å².